The molecule has 0 saturated heterocycles. The van der Waals surface area contributed by atoms with Crippen molar-refractivity contribution in [1.82, 2.24) is 20.2 Å². The Kier molecular flexibility index (Phi) is 6.94. The molecule has 0 aliphatic rings. The largest absolute Gasteiger partial charge is 0.367 e. The second-order valence-electron chi connectivity index (χ2n) is 8.30. The van der Waals surface area contributed by atoms with E-state index in [2.05, 4.69) is 31.9 Å². The number of halogens is 1. The standard InChI is InChI=1S/C28H19ClN8O/c29-22-13-19(12-20-16-33-37-25(20)22)27-26(18-4-2-1-3-5-18)36-28(23(15-31)35-27)32-11-10-24(38)34-21-8-6-17(14-30)7-9-21/h1-9,12-13,16H,10-11H2,(H,32,36)(H,33,37)(H,34,38). The molecule has 0 aliphatic heterocycles. The normalized spacial score (nSPS) is 10.5. The highest BCUT2D eigenvalue weighted by Crippen LogP contribution is 2.35. The van der Waals surface area contributed by atoms with Crippen LogP contribution in [0.4, 0.5) is 11.5 Å². The minimum absolute atomic E-state index is 0.0931. The van der Waals surface area contributed by atoms with Crippen LogP contribution in [0.15, 0.2) is 72.9 Å². The van der Waals surface area contributed by atoms with Crippen molar-refractivity contribution in [1.29, 1.82) is 10.5 Å². The summed E-state index contributed by atoms with van der Waals surface area (Å²) >= 11 is 6.48. The SMILES string of the molecule is N#Cc1ccc(NC(=O)CCNc2nc(-c3ccccc3)c(-c3cc(Cl)c4[nH]ncc4c3)nc2C#N)cc1. The number of amides is 1. The van der Waals surface area contributed by atoms with Gasteiger partial charge in [-0.15, -0.1) is 0 Å². The molecule has 0 spiro atoms. The number of nitriles is 2. The van der Waals surface area contributed by atoms with E-state index in [1.165, 1.54) is 0 Å². The number of fused-ring (bicyclic) bond motifs is 1. The lowest BCUT2D eigenvalue weighted by molar-refractivity contribution is -0.115. The van der Waals surface area contributed by atoms with Gasteiger partial charge in [0, 0.05) is 35.2 Å². The summed E-state index contributed by atoms with van der Waals surface area (Å²) < 4.78 is 0. The summed E-state index contributed by atoms with van der Waals surface area (Å²) in [6.45, 7) is 0.228. The summed E-state index contributed by atoms with van der Waals surface area (Å²) in [6.07, 6.45) is 1.80. The van der Waals surface area contributed by atoms with Crippen LogP contribution in [0.5, 0.6) is 0 Å². The van der Waals surface area contributed by atoms with Gasteiger partial charge in [0.1, 0.15) is 6.07 Å². The Morgan fingerprint density at radius 1 is 0.947 bits per heavy atom. The van der Waals surface area contributed by atoms with Crippen molar-refractivity contribution in [3.63, 3.8) is 0 Å². The molecular formula is C28H19ClN8O. The summed E-state index contributed by atoms with van der Waals surface area (Å²) in [4.78, 5) is 21.8. The number of hydrogen-bond acceptors (Lipinski definition) is 7. The number of anilines is 2. The summed E-state index contributed by atoms with van der Waals surface area (Å²) in [5.41, 5.74) is 4.48. The Morgan fingerprint density at radius 2 is 1.71 bits per heavy atom. The lowest BCUT2D eigenvalue weighted by Gasteiger charge is -2.14. The fourth-order valence-electron chi connectivity index (χ4n) is 3.93. The molecule has 0 atom stereocenters. The molecule has 5 rings (SSSR count). The monoisotopic (exact) mass is 518 g/mol. The van der Waals surface area contributed by atoms with E-state index in [0.717, 1.165) is 10.9 Å². The van der Waals surface area contributed by atoms with Crippen LogP contribution in [0.3, 0.4) is 0 Å². The van der Waals surface area contributed by atoms with E-state index in [1.54, 1.807) is 36.5 Å². The smallest absolute Gasteiger partial charge is 0.226 e. The Hall–Kier alpha value is -5.25. The van der Waals surface area contributed by atoms with Gasteiger partial charge >= 0.3 is 0 Å². The van der Waals surface area contributed by atoms with Crippen molar-refractivity contribution < 1.29 is 4.79 Å². The van der Waals surface area contributed by atoms with Crippen LogP contribution in [0, 0.1) is 22.7 Å². The predicted molar refractivity (Wildman–Crippen MR) is 145 cm³/mol. The maximum absolute atomic E-state index is 12.4. The maximum Gasteiger partial charge on any atom is 0.226 e. The van der Waals surface area contributed by atoms with E-state index in [4.69, 9.17) is 21.8 Å². The highest BCUT2D eigenvalue weighted by atomic mass is 35.5. The number of hydrogen-bond donors (Lipinski definition) is 3. The molecule has 0 aliphatic carbocycles. The fourth-order valence-corrected chi connectivity index (χ4v) is 4.20. The quantitative estimate of drug-likeness (QED) is 0.257. The van der Waals surface area contributed by atoms with E-state index >= 15 is 0 Å². The van der Waals surface area contributed by atoms with Crippen LogP contribution in [-0.2, 0) is 4.79 Å². The highest BCUT2D eigenvalue weighted by Gasteiger charge is 2.18. The minimum Gasteiger partial charge on any atom is -0.367 e. The van der Waals surface area contributed by atoms with Crippen LogP contribution < -0.4 is 10.6 Å². The molecule has 3 aromatic carbocycles. The Labute approximate surface area is 222 Å². The summed E-state index contributed by atoms with van der Waals surface area (Å²) in [6, 6.07) is 23.9. The van der Waals surface area contributed by atoms with Crippen molar-refractivity contribution in [2.75, 3.05) is 17.2 Å². The van der Waals surface area contributed by atoms with Crippen molar-refractivity contribution in [3.05, 3.63) is 89.2 Å². The molecule has 38 heavy (non-hydrogen) atoms. The molecule has 2 aromatic heterocycles. The Morgan fingerprint density at radius 3 is 2.45 bits per heavy atom. The molecule has 2 heterocycles. The van der Waals surface area contributed by atoms with Crippen LogP contribution in [-0.4, -0.2) is 32.6 Å². The van der Waals surface area contributed by atoms with E-state index in [-0.39, 0.29) is 30.4 Å². The Bertz CT molecular complexity index is 1720. The van der Waals surface area contributed by atoms with Crippen LogP contribution in [0.1, 0.15) is 17.7 Å². The van der Waals surface area contributed by atoms with Gasteiger partial charge in [-0.2, -0.15) is 15.6 Å². The zero-order valence-electron chi connectivity index (χ0n) is 19.9. The van der Waals surface area contributed by atoms with E-state index < -0.39 is 0 Å². The molecule has 1 amide bonds. The van der Waals surface area contributed by atoms with E-state index in [0.29, 0.717) is 38.7 Å². The first-order valence-electron chi connectivity index (χ1n) is 11.6. The first-order chi connectivity index (χ1) is 18.6. The second-order valence-corrected chi connectivity index (χ2v) is 8.71. The van der Waals surface area contributed by atoms with Crippen molar-refractivity contribution in [3.8, 4) is 34.7 Å². The van der Waals surface area contributed by atoms with Gasteiger partial charge in [-0.05, 0) is 36.4 Å². The number of benzene rings is 3. The molecule has 184 valence electrons. The van der Waals surface area contributed by atoms with Gasteiger partial charge in [0.25, 0.3) is 0 Å². The molecule has 0 radical (unpaired) electrons. The summed E-state index contributed by atoms with van der Waals surface area (Å²) in [7, 11) is 0. The second kappa shape index (κ2) is 10.8. The van der Waals surface area contributed by atoms with Crippen LogP contribution >= 0.6 is 11.6 Å². The van der Waals surface area contributed by atoms with Gasteiger partial charge in [0.2, 0.25) is 5.91 Å². The number of nitrogens with one attached hydrogen (secondary N) is 3. The summed E-state index contributed by atoms with van der Waals surface area (Å²) in [5.74, 6) is 0.0494. The van der Waals surface area contributed by atoms with Gasteiger partial charge in [-0.1, -0.05) is 41.9 Å². The highest BCUT2D eigenvalue weighted by molar-refractivity contribution is 6.35. The maximum atomic E-state index is 12.4. The molecule has 0 unspecified atom stereocenters. The molecule has 3 N–H and O–H groups in total. The third-order valence-electron chi connectivity index (χ3n) is 5.77. The summed E-state index contributed by atoms with van der Waals surface area (Å²) in [5, 5.41) is 32.8. The zero-order valence-corrected chi connectivity index (χ0v) is 20.6. The number of aromatic amines is 1. The van der Waals surface area contributed by atoms with Crippen molar-refractivity contribution >= 4 is 39.9 Å². The number of rotatable bonds is 7. The van der Waals surface area contributed by atoms with Crippen LogP contribution in [0.25, 0.3) is 33.4 Å². The molecule has 5 aromatic rings. The van der Waals surface area contributed by atoms with E-state index in [9.17, 15) is 10.1 Å². The molecular weight excluding hydrogens is 500 g/mol. The molecule has 9 nitrogen and oxygen atoms in total. The predicted octanol–water partition coefficient (Wildman–Crippen LogP) is 5.52. The van der Waals surface area contributed by atoms with Gasteiger partial charge in [-0.25, -0.2) is 9.97 Å². The van der Waals surface area contributed by atoms with Crippen molar-refractivity contribution in [2.24, 2.45) is 0 Å². The molecule has 0 saturated carbocycles. The minimum atomic E-state index is -0.225. The number of H-pyrrole nitrogens is 1. The Balaban J connectivity index is 1.42. The average Bonchev–Trinajstić information content (AvgIpc) is 3.43. The molecule has 0 fully saturated rings. The number of carbonyl (C=O) groups excluding carboxylic acids is 1. The van der Waals surface area contributed by atoms with Crippen molar-refractivity contribution in [2.45, 2.75) is 6.42 Å². The third-order valence-corrected chi connectivity index (χ3v) is 6.06. The average molecular weight is 519 g/mol. The van der Waals surface area contributed by atoms with Crippen LogP contribution in [0.2, 0.25) is 5.02 Å². The van der Waals surface area contributed by atoms with Gasteiger partial charge < -0.3 is 10.6 Å². The first kappa shape index (κ1) is 24.4. The lowest BCUT2D eigenvalue weighted by Crippen LogP contribution is -2.17. The lowest BCUT2D eigenvalue weighted by atomic mass is 10.0. The molecule has 0 bridgehead atoms. The van der Waals surface area contributed by atoms with Gasteiger partial charge in [-0.3, -0.25) is 9.89 Å². The number of carbonyl (C=O) groups is 1. The van der Waals surface area contributed by atoms with Gasteiger partial charge in [0.15, 0.2) is 11.5 Å². The zero-order chi connectivity index (χ0) is 26.5. The van der Waals surface area contributed by atoms with Gasteiger partial charge in [0.05, 0.1) is 39.8 Å². The number of aromatic nitrogens is 4. The number of nitrogens with zero attached hydrogens (tertiary/aromatic N) is 5. The third kappa shape index (κ3) is 5.14. The molecule has 10 heteroatoms. The van der Waals surface area contributed by atoms with E-state index in [1.807, 2.05) is 42.5 Å². The first-order valence-corrected chi connectivity index (χ1v) is 12.0. The fraction of sp³-hybridized carbons (Fsp3) is 0.0714. The topological polar surface area (TPSA) is 143 Å².